The van der Waals surface area contributed by atoms with Crippen molar-refractivity contribution in [1.29, 1.82) is 0 Å². The summed E-state index contributed by atoms with van der Waals surface area (Å²) in [5.41, 5.74) is 2.16. The third kappa shape index (κ3) is 3.34. The molecule has 162 valence electrons. The van der Waals surface area contributed by atoms with Gasteiger partial charge in [-0.2, -0.15) is 5.11 Å². The van der Waals surface area contributed by atoms with Gasteiger partial charge in [0.2, 0.25) is 0 Å². The van der Waals surface area contributed by atoms with Crippen LogP contribution in [0.1, 0.15) is 17.2 Å². The van der Waals surface area contributed by atoms with Gasteiger partial charge in [0.25, 0.3) is 5.69 Å². The molecule has 0 aromatic heterocycles. The van der Waals surface area contributed by atoms with Crippen LogP contribution in [0.3, 0.4) is 0 Å². The Hall–Kier alpha value is -3.62. The largest absolute Gasteiger partial charge is 0.379 e. The van der Waals surface area contributed by atoms with Crippen molar-refractivity contribution in [3.05, 3.63) is 106 Å². The summed E-state index contributed by atoms with van der Waals surface area (Å²) in [4.78, 5) is 13.2. The first-order valence-corrected chi connectivity index (χ1v) is 10.6. The average molecular weight is 429 g/mol. The van der Waals surface area contributed by atoms with Crippen LogP contribution in [0, 0.1) is 10.1 Å². The van der Waals surface area contributed by atoms with Crippen molar-refractivity contribution in [3.63, 3.8) is 0 Å². The van der Waals surface area contributed by atoms with E-state index in [0.29, 0.717) is 26.3 Å². The molecular formula is C24H23N5O3. The Bertz CT molecular complexity index is 1100. The van der Waals surface area contributed by atoms with Crippen LogP contribution in [-0.4, -0.2) is 36.1 Å². The molecule has 0 saturated carbocycles. The van der Waals surface area contributed by atoms with E-state index < -0.39 is 10.6 Å². The zero-order valence-corrected chi connectivity index (χ0v) is 17.4. The van der Waals surface area contributed by atoms with Crippen LogP contribution >= 0.6 is 0 Å². The Balaban J connectivity index is 1.71. The van der Waals surface area contributed by atoms with Gasteiger partial charge in [-0.1, -0.05) is 65.9 Å². The first-order chi connectivity index (χ1) is 15.7. The monoisotopic (exact) mass is 429 g/mol. The first-order valence-electron chi connectivity index (χ1n) is 10.6. The van der Waals surface area contributed by atoms with Crippen molar-refractivity contribution in [1.82, 2.24) is 4.90 Å². The molecule has 2 aliphatic heterocycles. The molecule has 0 unspecified atom stereocenters. The number of hydrogen-bond acceptors (Lipinski definition) is 7. The van der Waals surface area contributed by atoms with E-state index in [1.807, 2.05) is 41.4 Å². The van der Waals surface area contributed by atoms with Crippen molar-refractivity contribution in [2.24, 2.45) is 10.3 Å². The van der Waals surface area contributed by atoms with Crippen molar-refractivity contribution in [2.45, 2.75) is 11.7 Å². The van der Waals surface area contributed by atoms with Gasteiger partial charge in [-0.15, -0.1) is 0 Å². The maximum atomic E-state index is 11.2. The van der Waals surface area contributed by atoms with E-state index >= 15 is 0 Å². The average Bonchev–Trinajstić information content (AvgIpc) is 3.27. The SMILES string of the molecule is O=[N+]([O-])c1ccc(N2N=N[C@@H](c3ccccc3)[C@]2(c2ccccc2)N2CCOCC2)cc1. The van der Waals surface area contributed by atoms with E-state index in [4.69, 9.17) is 9.85 Å². The first kappa shape index (κ1) is 20.3. The Kier molecular flexibility index (Phi) is 5.38. The number of rotatable bonds is 5. The molecule has 0 aliphatic carbocycles. The summed E-state index contributed by atoms with van der Waals surface area (Å²) in [6.07, 6.45) is 0. The van der Waals surface area contributed by atoms with Gasteiger partial charge in [-0.05, 0) is 23.3 Å². The fourth-order valence-electron chi connectivity index (χ4n) is 4.62. The lowest BCUT2D eigenvalue weighted by molar-refractivity contribution is -0.384. The standard InChI is InChI=1S/C24H23N5O3/c30-29(31)22-13-11-21(12-14-22)28-24(20-9-5-2-6-10-20,27-15-17-32-18-16-27)23(25-26-28)19-7-3-1-4-8-19/h1-14,23H,15-18H2/t23-,24+/m0/s1. The zero-order valence-electron chi connectivity index (χ0n) is 17.4. The minimum atomic E-state index is -0.734. The second-order valence-corrected chi connectivity index (χ2v) is 7.80. The Morgan fingerprint density at radius 3 is 2.16 bits per heavy atom. The number of non-ortho nitro benzene ring substituents is 1. The highest BCUT2D eigenvalue weighted by Crippen LogP contribution is 2.52. The van der Waals surface area contributed by atoms with Gasteiger partial charge in [0.15, 0.2) is 5.66 Å². The van der Waals surface area contributed by atoms with E-state index in [1.165, 1.54) is 12.1 Å². The summed E-state index contributed by atoms with van der Waals surface area (Å²) in [7, 11) is 0. The molecule has 3 aromatic rings. The molecule has 1 fully saturated rings. The summed E-state index contributed by atoms with van der Waals surface area (Å²) in [5, 5.41) is 22.5. The lowest BCUT2D eigenvalue weighted by atomic mass is 9.84. The number of hydrogen-bond donors (Lipinski definition) is 0. The van der Waals surface area contributed by atoms with Gasteiger partial charge >= 0.3 is 0 Å². The molecule has 0 radical (unpaired) electrons. The third-order valence-electron chi connectivity index (χ3n) is 6.07. The predicted octanol–water partition coefficient (Wildman–Crippen LogP) is 4.71. The highest BCUT2D eigenvalue weighted by molar-refractivity contribution is 5.56. The number of benzene rings is 3. The molecule has 32 heavy (non-hydrogen) atoms. The van der Waals surface area contributed by atoms with E-state index in [9.17, 15) is 10.1 Å². The number of nitro groups is 1. The van der Waals surface area contributed by atoms with Gasteiger partial charge in [0.05, 0.1) is 23.8 Å². The number of ether oxygens (including phenoxy) is 1. The molecular weight excluding hydrogens is 406 g/mol. The van der Waals surface area contributed by atoms with Crippen LogP contribution in [0.25, 0.3) is 0 Å². The molecule has 3 aromatic carbocycles. The lowest BCUT2D eigenvalue weighted by Crippen LogP contribution is -2.60. The Morgan fingerprint density at radius 1 is 0.906 bits per heavy atom. The molecule has 1 saturated heterocycles. The van der Waals surface area contributed by atoms with Crippen molar-refractivity contribution < 1.29 is 9.66 Å². The smallest absolute Gasteiger partial charge is 0.269 e. The molecule has 5 rings (SSSR count). The molecule has 0 N–H and O–H groups in total. The van der Waals surface area contributed by atoms with Gasteiger partial charge in [0, 0.05) is 25.2 Å². The van der Waals surface area contributed by atoms with Gasteiger partial charge in [0.1, 0.15) is 6.04 Å². The summed E-state index contributed by atoms with van der Waals surface area (Å²) < 4.78 is 5.67. The number of morpholine rings is 1. The summed E-state index contributed by atoms with van der Waals surface area (Å²) >= 11 is 0. The molecule has 2 aliphatic rings. The molecule has 0 amide bonds. The summed E-state index contributed by atoms with van der Waals surface area (Å²) in [5.74, 6) is 0. The second-order valence-electron chi connectivity index (χ2n) is 7.80. The van der Waals surface area contributed by atoms with E-state index in [0.717, 1.165) is 16.8 Å². The maximum Gasteiger partial charge on any atom is 0.269 e. The quantitative estimate of drug-likeness (QED) is 0.433. The van der Waals surface area contributed by atoms with Crippen LogP contribution < -0.4 is 5.01 Å². The molecule has 8 nitrogen and oxygen atoms in total. The van der Waals surface area contributed by atoms with Crippen LogP contribution in [0.2, 0.25) is 0 Å². The second kappa shape index (κ2) is 8.49. The number of anilines is 1. The van der Waals surface area contributed by atoms with Crippen LogP contribution in [0.5, 0.6) is 0 Å². The van der Waals surface area contributed by atoms with Crippen LogP contribution in [0.4, 0.5) is 11.4 Å². The van der Waals surface area contributed by atoms with E-state index in [1.54, 1.807) is 12.1 Å². The molecule has 8 heteroatoms. The molecule has 0 bridgehead atoms. The van der Waals surface area contributed by atoms with Gasteiger partial charge < -0.3 is 4.74 Å². The minimum Gasteiger partial charge on any atom is -0.379 e. The van der Waals surface area contributed by atoms with Crippen LogP contribution in [0.15, 0.2) is 95.3 Å². The maximum absolute atomic E-state index is 11.2. The minimum absolute atomic E-state index is 0.0428. The normalized spacial score (nSPS) is 23.4. The highest BCUT2D eigenvalue weighted by atomic mass is 16.6. The molecule has 0 spiro atoms. The van der Waals surface area contributed by atoms with Gasteiger partial charge in [-0.25, -0.2) is 5.01 Å². The van der Waals surface area contributed by atoms with E-state index in [2.05, 4.69) is 34.4 Å². The van der Waals surface area contributed by atoms with Crippen molar-refractivity contribution in [2.75, 3.05) is 31.3 Å². The fraction of sp³-hybridized carbons (Fsp3) is 0.250. The summed E-state index contributed by atoms with van der Waals surface area (Å²) in [6, 6.07) is 26.6. The zero-order chi connectivity index (χ0) is 22.0. The van der Waals surface area contributed by atoms with E-state index in [-0.39, 0.29) is 11.7 Å². The Labute approximate surface area is 185 Å². The third-order valence-corrected chi connectivity index (χ3v) is 6.07. The number of nitrogens with zero attached hydrogens (tertiary/aromatic N) is 5. The molecule has 2 heterocycles. The lowest BCUT2D eigenvalue weighted by Gasteiger charge is -2.49. The van der Waals surface area contributed by atoms with Crippen LogP contribution in [-0.2, 0) is 10.4 Å². The van der Waals surface area contributed by atoms with Crippen molar-refractivity contribution >= 4 is 11.4 Å². The topological polar surface area (TPSA) is 83.6 Å². The highest BCUT2D eigenvalue weighted by Gasteiger charge is 2.55. The fourth-order valence-corrected chi connectivity index (χ4v) is 4.62. The Morgan fingerprint density at radius 2 is 1.53 bits per heavy atom. The van der Waals surface area contributed by atoms with Gasteiger partial charge in [-0.3, -0.25) is 15.0 Å². The number of nitro benzene ring substituents is 1. The predicted molar refractivity (Wildman–Crippen MR) is 120 cm³/mol. The van der Waals surface area contributed by atoms with Crippen molar-refractivity contribution in [3.8, 4) is 0 Å². The molecule has 2 atom stereocenters. The summed E-state index contributed by atoms with van der Waals surface area (Å²) in [6.45, 7) is 2.66.